The van der Waals surface area contributed by atoms with Gasteiger partial charge in [-0.2, -0.15) is 5.10 Å². The molecule has 1 aromatic heterocycles. The van der Waals surface area contributed by atoms with Gasteiger partial charge in [-0.05, 0) is 30.2 Å². The molecule has 1 fully saturated rings. The Bertz CT molecular complexity index is 1050. The molecule has 34 heavy (non-hydrogen) atoms. The predicted molar refractivity (Wildman–Crippen MR) is 129 cm³/mol. The standard InChI is InChI=1S/C24H29N5O4S/c1-3-25-23(31)28-19-10-8-18(9-11-19)22-32-20(13-34-24-26-14-27-29-24)15(2)21(33-22)17-6-4-16(12-30)5-7-17/h4-11,14-15,20-22,30H,3,12-13H2,1-2H3,(H2,25,28,31)(H,26,27,29). The molecular formula is C24H29N5O4S. The summed E-state index contributed by atoms with van der Waals surface area (Å²) in [5.41, 5.74) is 3.43. The number of H-pyrrole nitrogens is 1. The van der Waals surface area contributed by atoms with Crippen molar-refractivity contribution in [1.82, 2.24) is 20.5 Å². The number of ether oxygens (including phenoxy) is 2. The van der Waals surface area contributed by atoms with Crippen LogP contribution in [-0.4, -0.2) is 44.7 Å². The van der Waals surface area contributed by atoms with Gasteiger partial charge in [0.05, 0.1) is 18.8 Å². The molecule has 1 saturated heterocycles. The van der Waals surface area contributed by atoms with Crippen LogP contribution in [0, 0.1) is 5.92 Å². The van der Waals surface area contributed by atoms with Crippen LogP contribution in [0.4, 0.5) is 10.5 Å². The lowest BCUT2D eigenvalue weighted by Gasteiger charge is -2.41. The highest BCUT2D eigenvalue weighted by Gasteiger charge is 2.38. The summed E-state index contributed by atoms with van der Waals surface area (Å²) in [5.74, 6) is 0.753. The average molecular weight is 484 g/mol. The number of hydrogen-bond acceptors (Lipinski definition) is 7. The molecule has 4 atom stereocenters. The van der Waals surface area contributed by atoms with E-state index in [-0.39, 0.29) is 30.8 Å². The first-order valence-electron chi connectivity index (χ1n) is 11.2. The fraction of sp³-hybridized carbons (Fsp3) is 0.375. The number of aliphatic hydroxyl groups excluding tert-OH is 1. The first-order valence-corrected chi connectivity index (χ1v) is 12.2. The molecule has 9 nitrogen and oxygen atoms in total. The minimum atomic E-state index is -0.572. The van der Waals surface area contributed by atoms with Crippen molar-refractivity contribution in [1.29, 1.82) is 0 Å². The van der Waals surface area contributed by atoms with Gasteiger partial charge in [0.2, 0.25) is 0 Å². The highest BCUT2D eigenvalue weighted by atomic mass is 32.2. The molecule has 0 spiro atoms. The Hall–Kier alpha value is -2.92. The van der Waals surface area contributed by atoms with Crippen molar-refractivity contribution >= 4 is 23.5 Å². The number of carbonyl (C=O) groups excluding carboxylic acids is 1. The maximum Gasteiger partial charge on any atom is 0.319 e. The van der Waals surface area contributed by atoms with E-state index in [2.05, 4.69) is 32.7 Å². The molecule has 0 radical (unpaired) electrons. The van der Waals surface area contributed by atoms with Crippen LogP contribution in [0.3, 0.4) is 0 Å². The number of thioether (sulfide) groups is 1. The zero-order chi connectivity index (χ0) is 23.9. The van der Waals surface area contributed by atoms with Gasteiger partial charge >= 0.3 is 6.03 Å². The van der Waals surface area contributed by atoms with E-state index in [1.54, 1.807) is 11.8 Å². The number of benzene rings is 2. The molecule has 4 rings (SSSR count). The third-order valence-corrected chi connectivity index (χ3v) is 6.64. The zero-order valence-corrected chi connectivity index (χ0v) is 19.9. The number of nitrogens with one attached hydrogen (secondary N) is 3. The molecule has 180 valence electrons. The summed E-state index contributed by atoms with van der Waals surface area (Å²) in [4.78, 5) is 16.0. The molecule has 0 saturated carbocycles. The number of rotatable bonds is 8. The highest BCUT2D eigenvalue weighted by Crippen LogP contribution is 2.42. The Morgan fingerprint density at radius 2 is 1.85 bits per heavy atom. The van der Waals surface area contributed by atoms with Crippen molar-refractivity contribution in [2.24, 2.45) is 5.92 Å². The van der Waals surface area contributed by atoms with Crippen LogP contribution in [0.2, 0.25) is 0 Å². The Kier molecular flexibility index (Phi) is 8.17. The van der Waals surface area contributed by atoms with Gasteiger partial charge in [-0.1, -0.05) is 55.1 Å². The van der Waals surface area contributed by atoms with Crippen LogP contribution in [-0.2, 0) is 16.1 Å². The van der Waals surface area contributed by atoms with Crippen LogP contribution in [0.1, 0.15) is 42.9 Å². The normalized spacial score (nSPS) is 22.3. The predicted octanol–water partition coefficient (Wildman–Crippen LogP) is 4.02. The van der Waals surface area contributed by atoms with Crippen molar-refractivity contribution in [3.8, 4) is 0 Å². The third kappa shape index (κ3) is 5.95. The molecule has 10 heteroatoms. The zero-order valence-electron chi connectivity index (χ0n) is 19.1. The molecule has 2 amide bonds. The Morgan fingerprint density at radius 1 is 1.12 bits per heavy atom. The molecule has 4 N–H and O–H groups in total. The van der Waals surface area contributed by atoms with Crippen LogP contribution in [0.15, 0.2) is 60.0 Å². The second-order valence-electron chi connectivity index (χ2n) is 8.03. The minimum absolute atomic E-state index is 0.000203. The fourth-order valence-corrected chi connectivity index (χ4v) is 4.74. The lowest BCUT2D eigenvalue weighted by atomic mass is 9.91. The van der Waals surface area contributed by atoms with Gasteiger partial charge in [0.25, 0.3) is 0 Å². The molecule has 0 bridgehead atoms. The topological polar surface area (TPSA) is 121 Å². The smallest absolute Gasteiger partial charge is 0.319 e. The van der Waals surface area contributed by atoms with E-state index in [0.717, 1.165) is 21.8 Å². The van der Waals surface area contributed by atoms with E-state index in [9.17, 15) is 9.90 Å². The van der Waals surface area contributed by atoms with Crippen molar-refractivity contribution in [2.75, 3.05) is 17.6 Å². The van der Waals surface area contributed by atoms with E-state index in [0.29, 0.717) is 18.0 Å². The van der Waals surface area contributed by atoms with Gasteiger partial charge in [-0.3, -0.25) is 5.10 Å². The monoisotopic (exact) mass is 483 g/mol. The number of urea groups is 1. The second-order valence-corrected chi connectivity index (χ2v) is 9.04. The van der Waals surface area contributed by atoms with Gasteiger partial charge in [-0.15, -0.1) is 0 Å². The van der Waals surface area contributed by atoms with Gasteiger partial charge in [0.1, 0.15) is 6.33 Å². The summed E-state index contributed by atoms with van der Waals surface area (Å²) < 4.78 is 12.8. The van der Waals surface area contributed by atoms with Crippen LogP contribution in [0.5, 0.6) is 0 Å². The van der Waals surface area contributed by atoms with Crippen molar-refractivity contribution in [3.05, 3.63) is 71.5 Å². The van der Waals surface area contributed by atoms with Gasteiger partial charge in [0, 0.05) is 29.5 Å². The molecule has 2 aromatic carbocycles. The first kappa shape index (κ1) is 24.2. The van der Waals surface area contributed by atoms with Crippen molar-refractivity contribution < 1.29 is 19.4 Å². The third-order valence-electron chi connectivity index (χ3n) is 5.68. The number of amides is 2. The number of aromatic nitrogens is 3. The number of aliphatic hydroxyl groups is 1. The Balaban J connectivity index is 1.53. The number of aromatic amines is 1. The lowest BCUT2D eigenvalue weighted by molar-refractivity contribution is -0.268. The Morgan fingerprint density at radius 3 is 2.50 bits per heavy atom. The maximum atomic E-state index is 11.8. The summed E-state index contributed by atoms with van der Waals surface area (Å²) in [5, 5.41) is 22.4. The summed E-state index contributed by atoms with van der Waals surface area (Å²) in [6, 6.07) is 15.0. The van der Waals surface area contributed by atoms with E-state index in [1.807, 2.05) is 55.5 Å². The molecule has 4 unspecified atom stereocenters. The Labute approximate surface area is 202 Å². The quantitative estimate of drug-likeness (QED) is 0.357. The van der Waals surface area contributed by atoms with E-state index >= 15 is 0 Å². The van der Waals surface area contributed by atoms with Crippen LogP contribution < -0.4 is 10.6 Å². The van der Waals surface area contributed by atoms with Gasteiger partial charge in [0.15, 0.2) is 11.4 Å². The van der Waals surface area contributed by atoms with Gasteiger partial charge < -0.3 is 25.2 Å². The summed E-state index contributed by atoms with van der Waals surface area (Å²) >= 11 is 1.55. The summed E-state index contributed by atoms with van der Waals surface area (Å²) in [7, 11) is 0. The molecular weight excluding hydrogens is 454 g/mol. The number of anilines is 1. The SMILES string of the molecule is CCNC(=O)Nc1ccc(C2OC(CSc3ncn[nH]3)C(C)C(c3ccc(CO)cc3)O2)cc1. The first-order chi connectivity index (χ1) is 16.6. The average Bonchev–Trinajstić information content (AvgIpc) is 3.38. The molecule has 1 aliphatic rings. The molecule has 1 aliphatic heterocycles. The highest BCUT2D eigenvalue weighted by molar-refractivity contribution is 7.99. The summed E-state index contributed by atoms with van der Waals surface area (Å²) in [6.07, 6.45) is 0.614. The summed E-state index contributed by atoms with van der Waals surface area (Å²) in [6.45, 7) is 4.54. The number of hydrogen-bond donors (Lipinski definition) is 4. The molecule has 2 heterocycles. The number of carbonyl (C=O) groups is 1. The molecule has 0 aliphatic carbocycles. The van der Waals surface area contributed by atoms with Crippen molar-refractivity contribution in [3.63, 3.8) is 0 Å². The maximum absolute atomic E-state index is 11.8. The molecule has 3 aromatic rings. The second kappa shape index (κ2) is 11.5. The number of nitrogens with zero attached hydrogens (tertiary/aromatic N) is 2. The van der Waals surface area contributed by atoms with E-state index in [1.165, 1.54) is 6.33 Å². The lowest BCUT2D eigenvalue weighted by Crippen LogP contribution is -2.38. The minimum Gasteiger partial charge on any atom is -0.392 e. The van der Waals surface area contributed by atoms with Crippen molar-refractivity contribution in [2.45, 2.75) is 44.1 Å². The van der Waals surface area contributed by atoms with Gasteiger partial charge in [-0.25, -0.2) is 9.78 Å². The largest absolute Gasteiger partial charge is 0.392 e. The van der Waals surface area contributed by atoms with E-state index in [4.69, 9.17) is 9.47 Å². The van der Waals surface area contributed by atoms with E-state index < -0.39 is 6.29 Å². The van der Waals surface area contributed by atoms with Crippen LogP contribution >= 0.6 is 11.8 Å². The van der Waals surface area contributed by atoms with Crippen LogP contribution in [0.25, 0.3) is 0 Å². The fourth-order valence-electron chi connectivity index (χ4n) is 3.79.